The molecule has 1 saturated carbocycles. The number of hydrogen-bond acceptors (Lipinski definition) is 6. The maximum absolute atomic E-state index is 13.4. The van der Waals surface area contributed by atoms with E-state index in [0.29, 0.717) is 12.5 Å². The van der Waals surface area contributed by atoms with E-state index in [1.165, 1.54) is 39.2 Å². The number of carbonyl (C=O) groups is 1. The van der Waals surface area contributed by atoms with E-state index in [1.807, 2.05) is 31.1 Å². The Kier molecular flexibility index (Phi) is 8.69. The molecule has 9 heteroatoms. The highest BCUT2D eigenvalue weighted by Crippen LogP contribution is 2.35. The number of rotatable bonds is 10. The number of hydrogen-bond donors (Lipinski definition) is 2. The zero-order valence-corrected chi connectivity index (χ0v) is 25.1. The molecular weight excluding hydrogens is 540 g/mol. The van der Waals surface area contributed by atoms with E-state index in [0.717, 1.165) is 58.1 Å². The average Bonchev–Trinajstić information content (AvgIpc) is 3.86. The van der Waals surface area contributed by atoms with Gasteiger partial charge in [0.1, 0.15) is 17.7 Å². The van der Waals surface area contributed by atoms with Crippen LogP contribution in [0.5, 0.6) is 0 Å². The highest BCUT2D eigenvalue weighted by atomic mass is 17.2. The van der Waals surface area contributed by atoms with Crippen molar-refractivity contribution in [2.75, 3.05) is 13.7 Å². The molecule has 0 radical (unpaired) electrons. The Hall–Kier alpha value is -4.24. The minimum atomic E-state index is -0.541. The second-order valence-electron chi connectivity index (χ2n) is 11.9. The molecule has 1 aliphatic carbocycles. The maximum Gasteiger partial charge on any atom is 0.248 e. The lowest BCUT2D eigenvalue weighted by molar-refractivity contribution is -0.188. The Labute approximate surface area is 252 Å². The third-order valence-electron chi connectivity index (χ3n) is 8.75. The smallest absolute Gasteiger partial charge is 0.248 e. The van der Waals surface area contributed by atoms with Gasteiger partial charge in [-0.15, -0.1) is 0 Å². The van der Waals surface area contributed by atoms with Crippen LogP contribution in [0.1, 0.15) is 76.0 Å². The van der Waals surface area contributed by atoms with Gasteiger partial charge in [-0.1, -0.05) is 75.2 Å². The molecule has 0 spiro atoms. The SMILES string of the molecule is COOC=N[C@H](C(=O)N1CCC[C@H]1c1ncc(-c2ccc(-c3ccc(-c4cnc(C5CCCC5)[nH]4)cc3)cc2)[nH]1)C(C)C. The molecule has 4 aromatic rings. The number of H-pyrrole nitrogens is 2. The van der Waals surface area contributed by atoms with Crippen molar-refractivity contribution in [1.29, 1.82) is 0 Å². The summed E-state index contributed by atoms with van der Waals surface area (Å²) in [5, 5.41) is 0. The van der Waals surface area contributed by atoms with Crippen LogP contribution in [0.4, 0.5) is 0 Å². The molecule has 6 rings (SSSR count). The van der Waals surface area contributed by atoms with Crippen LogP contribution in [0.15, 0.2) is 65.9 Å². The van der Waals surface area contributed by atoms with Crippen molar-refractivity contribution in [3.05, 3.63) is 72.6 Å². The number of benzene rings is 2. The summed E-state index contributed by atoms with van der Waals surface area (Å²) >= 11 is 0. The number of aromatic nitrogens is 4. The second kappa shape index (κ2) is 13.0. The van der Waals surface area contributed by atoms with Gasteiger partial charge in [0.05, 0.1) is 36.9 Å². The van der Waals surface area contributed by atoms with Crippen molar-refractivity contribution in [2.24, 2.45) is 10.9 Å². The van der Waals surface area contributed by atoms with E-state index in [-0.39, 0.29) is 17.9 Å². The fourth-order valence-electron chi connectivity index (χ4n) is 6.37. The van der Waals surface area contributed by atoms with Gasteiger partial charge in [0.15, 0.2) is 0 Å². The van der Waals surface area contributed by atoms with Crippen molar-refractivity contribution < 1.29 is 14.6 Å². The Morgan fingerprint density at radius 3 is 2.00 bits per heavy atom. The molecule has 3 heterocycles. The molecule has 2 fully saturated rings. The van der Waals surface area contributed by atoms with Crippen LogP contribution < -0.4 is 0 Å². The highest BCUT2D eigenvalue weighted by molar-refractivity contribution is 5.84. The number of imidazole rings is 2. The molecule has 2 aliphatic rings. The molecule has 2 atom stereocenters. The van der Waals surface area contributed by atoms with Crippen molar-refractivity contribution in [3.63, 3.8) is 0 Å². The molecule has 0 bridgehead atoms. The minimum absolute atomic E-state index is 0.0206. The van der Waals surface area contributed by atoms with Gasteiger partial charge in [0.25, 0.3) is 0 Å². The lowest BCUT2D eigenvalue weighted by Gasteiger charge is -2.27. The number of carbonyl (C=O) groups excluding carboxylic acids is 1. The monoisotopic (exact) mass is 580 g/mol. The van der Waals surface area contributed by atoms with Crippen LogP contribution >= 0.6 is 0 Å². The molecule has 0 unspecified atom stereocenters. The lowest BCUT2D eigenvalue weighted by atomic mass is 10.0. The van der Waals surface area contributed by atoms with Crippen molar-refractivity contribution in [1.82, 2.24) is 24.8 Å². The normalized spacial score (nSPS) is 18.2. The summed E-state index contributed by atoms with van der Waals surface area (Å²) in [6.07, 6.45) is 11.9. The largest absolute Gasteiger partial charge is 0.342 e. The van der Waals surface area contributed by atoms with Gasteiger partial charge < -0.3 is 19.8 Å². The summed E-state index contributed by atoms with van der Waals surface area (Å²) in [6, 6.07) is 16.5. The zero-order valence-electron chi connectivity index (χ0n) is 25.1. The molecular formula is C34H40N6O3. The number of nitrogens with one attached hydrogen (secondary N) is 2. The Morgan fingerprint density at radius 2 is 1.42 bits per heavy atom. The fraction of sp³-hybridized carbons (Fsp3) is 0.412. The molecule has 1 saturated heterocycles. The molecule has 1 amide bonds. The van der Waals surface area contributed by atoms with Crippen LogP contribution in [0.3, 0.4) is 0 Å². The van der Waals surface area contributed by atoms with E-state index >= 15 is 0 Å². The standard InChI is InChI=1S/C34H40N6O3/c1-22(2)31(37-21-43-42-3)34(41)40-18-6-9-30(40)33-36-20-29(39-33)26-16-12-24(13-17-26)23-10-14-25(15-11-23)28-19-35-32(38-28)27-7-4-5-8-27/h10-17,19-22,27,30-31H,4-9,18H2,1-3H3,(H,35,38)(H,36,39)/t30-,31-/m0/s1. The molecule has 2 aromatic heterocycles. The predicted octanol–water partition coefficient (Wildman–Crippen LogP) is 7.09. The molecule has 43 heavy (non-hydrogen) atoms. The molecule has 224 valence electrons. The van der Waals surface area contributed by atoms with Gasteiger partial charge in [0.2, 0.25) is 12.3 Å². The Morgan fingerprint density at radius 1 is 0.860 bits per heavy atom. The first-order chi connectivity index (χ1) is 21.0. The first kappa shape index (κ1) is 28.9. The van der Waals surface area contributed by atoms with E-state index in [4.69, 9.17) is 9.87 Å². The van der Waals surface area contributed by atoms with E-state index in [9.17, 15) is 4.79 Å². The second-order valence-corrected chi connectivity index (χ2v) is 11.9. The van der Waals surface area contributed by atoms with Crippen LogP contribution in [-0.4, -0.2) is 56.8 Å². The average molecular weight is 581 g/mol. The number of aliphatic imine (C=N–C) groups is 1. The topological polar surface area (TPSA) is 108 Å². The summed E-state index contributed by atoms with van der Waals surface area (Å²) in [4.78, 5) is 45.4. The summed E-state index contributed by atoms with van der Waals surface area (Å²) in [5.41, 5.74) is 6.52. The number of amides is 1. The van der Waals surface area contributed by atoms with Gasteiger partial charge in [0, 0.05) is 12.5 Å². The number of likely N-dealkylation sites (tertiary alicyclic amines) is 1. The summed E-state index contributed by atoms with van der Waals surface area (Å²) < 4.78 is 0. The number of aromatic amines is 2. The molecule has 9 nitrogen and oxygen atoms in total. The van der Waals surface area contributed by atoms with Crippen molar-refractivity contribution in [2.45, 2.75) is 70.4 Å². The first-order valence-electron chi connectivity index (χ1n) is 15.3. The highest BCUT2D eigenvalue weighted by Gasteiger charge is 2.36. The molecule has 2 N–H and O–H groups in total. The quantitative estimate of drug-likeness (QED) is 0.0901. The van der Waals surface area contributed by atoms with Crippen LogP contribution in [0.25, 0.3) is 33.6 Å². The van der Waals surface area contributed by atoms with Crippen molar-refractivity contribution >= 4 is 12.3 Å². The maximum atomic E-state index is 13.4. The molecule has 1 aliphatic heterocycles. The molecule has 2 aromatic carbocycles. The summed E-state index contributed by atoms with van der Waals surface area (Å²) in [7, 11) is 1.40. The zero-order chi connectivity index (χ0) is 29.8. The van der Waals surface area contributed by atoms with Gasteiger partial charge in [-0.3, -0.25) is 4.79 Å². The Balaban J connectivity index is 1.13. The van der Waals surface area contributed by atoms with E-state index in [2.05, 4.69) is 73.4 Å². The van der Waals surface area contributed by atoms with Crippen molar-refractivity contribution in [3.8, 4) is 33.6 Å². The van der Waals surface area contributed by atoms with E-state index in [1.54, 1.807) is 0 Å². The summed E-state index contributed by atoms with van der Waals surface area (Å²) in [5.74, 6) is 2.50. The van der Waals surface area contributed by atoms with Gasteiger partial charge >= 0.3 is 0 Å². The van der Waals surface area contributed by atoms with E-state index < -0.39 is 6.04 Å². The van der Waals surface area contributed by atoms with Crippen LogP contribution in [0.2, 0.25) is 0 Å². The third-order valence-corrected chi connectivity index (χ3v) is 8.75. The van der Waals surface area contributed by atoms with Gasteiger partial charge in [-0.25, -0.2) is 15.0 Å². The minimum Gasteiger partial charge on any atom is -0.342 e. The van der Waals surface area contributed by atoms with Crippen LogP contribution in [0, 0.1) is 5.92 Å². The fourth-order valence-corrected chi connectivity index (χ4v) is 6.37. The lowest BCUT2D eigenvalue weighted by Crippen LogP contribution is -2.40. The third kappa shape index (κ3) is 6.27. The summed E-state index contributed by atoms with van der Waals surface area (Å²) in [6.45, 7) is 4.64. The first-order valence-corrected chi connectivity index (χ1v) is 15.3. The number of nitrogens with zero attached hydrogens (tertiary/aromatic N) is 4. The predicted molar refractivity (Wildman–Crippen MR) is 167 cm³/mol. The van der Waals surface area contributed by atoms with Gasteiger partial charge in [-0.2, -0.15) is 4.89 Å². The van der Waals surface area contributed by atoms with Crippen LogP contribution in [-0.2, 0) is 14.6 Å². The Bertz CT molecular complexity index is 1530. The van der Waals surface area contributed by atoms with Gasteiger partial charge in [-0.05, 0) is 53.9 Å².